The van der Waals surface area contributed by atoms with Crippen molar-refractivity contribution < 1.29 is 14.4 Å². The zero-order chi connectivity index (χ0) is 19.8. The van der Waals surface area contributed by atoms with Gasteiger partial charge in [0.1, 0.15) is 0 Å². The molecule has 1 saturated heterocycles. The number of amides is 4. The lowest BCUT2D eigenvalue weighted by Crippen LogP contribution is -2.52. The smallest absolute Gasteiger partial charge is 0.321 e. The van der Waals surface area contributed by atoms with E-state index >= 15 is 0 Å². The molecule has 0 bridgehead atoms. The largest absolute Gasteiger partial charge is 0.338 e. The second-order valence-corrected chi connectivity index (χ2v) is 7.22. The minimum absolute atomic E-state index is 0.0149. The van der Waals surface area contributed by atoms with Gasteiger partial charge < -0.3 is 10.6 Å². The van der Waals surface area contributed by atoms with Gasteiger partial charge in [-0.3, -0.25) is 19.8 Å². The molecule has 0 spiro atoms. The van der Waals surface area contributed by atoms with Crippen molar-refractivity contribution >= 4 is 46.7 Å². The van der Waals surface area contributed by atoms with Crippen LogP contribution in [0.4, 0.5) is 10.5 Å². The molecule has 1 fully saturated rings. The van der Waals surface area contributed by atoms with Crippen molar-refractivity contribution in [3.8, 4) is 0 Å². The van der Waals surface area contributed by atoms with Gasteiger partial charge in [-0.05, 0) is 44.0 Å². The zero-order valence-corrected chi connectivity index (χ0v) is 16.7. The summed E-state index contributed by atoms with van der Waals surface area (Å²) in [5.41, 5.74) is 0.545. The van der Waals surface area contributed by atoms with Crippen molar-refractivity contribution in [3.63, 3.8) is 0 Å². The number of imide groups is 1. The van der Waals surface area contributed by atoms with Crippen LogP contribution < -0.4 is 16.0 Å². The van der Waals surface area contributed by atoms with Crippen LogP contribution >= 0.6 is 23.2 Å². The van der Waals surface area contributed by atoms with Crippen LogP contribution in [-0.4, -0.2) is 48.4 Å². The lowest BCUT2D eigenvalue weighted by Gasteiger charge is -2.34. The molecule has 148 valence electrons. The molecule has 1 aliphatic heterocycles. The highest BCUT2D eigenvalue weighted by atomic mass is 35.5. The van der Waals surface area contributed by atoms with Crippen LogP contribution in [0.2, 0.25) is 10.0 Å². The maximum Gasteiger partial charge on any atom is 0.321 e. The van der Waals surface area contributed by atoms with Gasteiger partial charge in [0.25, 0.3) is 0 Å². The minimum Gasteiger partial charge on any atom is -0.338 e. The molecule has 0 saturated carbocycles. The van der Waals surface area contributed by atoms with Crippen molar-refractivity contribution in [2.75, 3.05) is 25.0 Å². The lowest BCUT2D eigenvalue weighted by atomic mass is 10.0. The predicted octanol–water partition coefficient (Wildman–Crippen LogP) is 3.02. The number of nitrogens with zero attached hydrogens (tertiary/aromatic N) is 1. The lowest BCUT2D eigenvalue weighted by molar-refractivity contribution is -0.126. The molecule has 27 heavy (non-hydrogen) atoms. The number of rotatable bonds is 6. The Balaban J connectivity index is 1.94. The average Bonchev–Trinajstić information content (AvgIpc) is 2.63. The number of carbonyl (C=O) groups is 3. The number of benzene rings is 1. The molecular formula is C18H24Cl2N4O3. The third-order valence-corrected chi connectivity index (χ3v) is 4.98. The van der Waals surface area contributed by atoms with Crippen molar-refractivity contribution in [3.05, 3.63) is 28.2 Å². The van der Waals surface area contributed by atoms with E-state index in [1.54, 1.807) is 23.1 Å². The first-order valence-electron chi connectivity index (χ1n) is 8.98. The Morgan fingerprint density at radius 1 is 1.19 bits per heavy atom. The molecule has 0 aliphatic carbocycles. The van der Waals surface area contributed by atoms with Gasteiger partial charge in [-0.25, -0.2) is 4.79 Å². The predicted molar refractivity (Wildman–Crippen MR) is 106 cm³/mol. The molecule has 1 unspecified atom stereocenters. The Bertz CT molecular complexity index is 699. The molecule has 1 aromatic rings. The summed E-state index contributed by atoms with van der Waals surface area (Å²) in [5.74, 6) is -0.644. The summed E-state index contributed by atoms with van der Waals surface area (Å²) >= 11 is 11.9. The van der Waals surface area contributed by atoms with Crippen LogP contribution in [0.5, 0.6) is 0 Å². The van der Waals surface area contributed by atoms with Crippen LogP contribution in [-0.2, 0) is 9.59 Å². The summed E-state index contributed by atoms with van der Waals surface area (Å²) in [4.78, 5) is 38.2. The van der Waals surface area contributed by atoms with Crippen LogP contribution in [0.3, 0.4) is 0 Å². The van der Waals surface area contributed by atoms with Crippen LogP contribution in [0, 0.1) is 0 Å². The molecule has 1 aromatic carbocycles. The van der Waals surface area contributed by atoms with E-state index in [0.29, 0.717) is 35.2 Å². The Labute approximate surface area is 168 Å². The summed E-state index contributed by atoms with van der Waals surface area (Å²) in [6.45, 7) is 3.02. The fourth-order valence-corrected chi connectivity index (χ4v) is 3.21. The highest BCUT2D eigenvalue weighted by molar-refractivity contribution is 6.42. The van der Waals surface area contributed by atoms with Crippen molar-refractivity contribution in [1.29, 1.82) is 0 Å². The second kappa shape index (κ2) is 10.5. The van der Waals surface area contributed by atoms with Crippen molar-refractivity contribution in [2.45, 2.75) is 38.6 Å². The van der Waals surface area contributed by atoms with Gasteiger partial charge in [-0.2, -0.15) is 0 Å². The monoisotopic (exact) mass is 414 g/mol. The number of anilines is 1. The van der Waals surface area contributed by atoms with E-state index in [0.717, 1.165) is 19.3 Å². The number of hydrogen-bond acceptors (Lipinski definition) is 4. The molecule has 0 aromatic heterocycles. The molecule has 4 amide bonds. The van der Waals surface area contributed by atoms with Gasteiger partial charge in [-0.1, -0.05) is 36.5 Å². The Morgan fingerprint density at radius 2 is 1.96 bits per heavy atom. The normalized spacial score (nSPS) is 17.2. The maximum absolute atomic E-state index is 12.7. The number of nitrogens with one attached hydrogen (secondary N) is 3. The highest BCUT2D eigenvalue weighted by Crippen LogP contribution is 2.26. The summed E-state index contributed by atoms with van der Waals surface area (Å²) in [6.07, 6.45) is 3.22. The zero-order valence-electron chi connectivity index (χ0n) is 15.2. The average molecular weight is 415 g/mol. The van der Waals surface area contributed by atoms with E-state index in [9.17, 15) is 14.4 Å². The van der Waals surface area contributed by atoms with Gasteiger partial charge in [0.05, 0.1) is 22.6 Å². The van der Waals surface area contributed by atoms with Gasteiger partial charge in [-0.15, -0.1) is 0 Å². The first kappa shape index (κ1) is 21.5. The Morgan fingerprint density at radius 3 is 2.67 bits per heavy atom. The molecule has 0 radical (unpaired) electrons. The summed E-state index contributed by atoms with van der Waals surface area (Å²) in [6, 6.07) is 3.90. The Kier molecular flexibility index (Phi) is 8.34. The first-order chi connectivity index (χ1) is 12.9. The number of urea groups is 1. The Hall–Kier alpha value is -1.83. The van der Waals surface area contributed by atoms with Crippen LogP contribution in [0.25, 0.3) is 0 Å². The van der Waals surface area contributed by atoms with Crippen LogP contribution in [0.15, 0.2) is 18.2 Å². The molecule has 2 rings (SSSR count). The molecule has 9 heteroatoms. The molecular weight excluding hydrogens is 391 g/mol. The quantitative estimate of drug-likeness (QED) is 0.666. The number of hydrogen-bond donors (Lipinski definition) is 3. The maximum atomic E-state index is 12.7. The number of piperidine rings is 1. The van der Waals surface area contributed by atoms with E-state index in [1.165, 1.54) is 0 Å². The number of carbonyl (C=O) groups excluding carboxylic acids is 3. The van der Waals surface area contributed by atoms with Crippen LogP contribution in [0.1, 0.15) is 32.6 Å². The van der Waals surface area contributed by atoms with Gasteiger partial charge in [0.15, 0.2) is 0 Å². The number of halogens is 2. The van der Waals surface area contributed by atoms with E-state index in [1.807, 2.05) is 6.92 Å². The summed E-state index contributed by atoms with van der Waals surface area (Å²) in [7, 11) is 0. The van der Waals surface area contributed by atoms with Gasteiger partial charge in [0.2, 0.25) is 11.8 Å². The third-order valence-electron chi connectivity index (χ3n) is 4.24. The highest BCUT2D eigenvalue weighted by Gasteiger charge is 2.30. The standard InChI is InChI=1S/C18H24Cl2N4O3/c1-2-8-21-18(27)23-16(25)11-24-9-4-3-5-15(24)17(26)22-12-6-7-13(19)14(20)10-12/h6-7,10,15H,2-5,8-9,11H2,1H3,(H,22,26)(H2,21,23,25,27). The first-order valence-corrected chi connectivity index (χ1v) is 9.74. The molecule has 7 nitrogen and oxygen atoms in total. The molecule has 3 N–H and O–H groups in total. The fourth-order valence-electron chi connectivity index (χ4n) is 2.91. The summed E-state index contributed by atoms with van der Waals surface area (Å²) < 4.78 is 0. The third kappa shape index (κ3) is 6.68. The van der Waals surface area contributed by atoms with E-state index in [2.05, 4.69) is 16.0 Å². The number of likely N-dealkylation sites (tertiary alicyclic amines) is 1. The van der Waals surface area contributed by atoms with Gasteiger partial charge >= 0.3 is 6.03 Å². The fraction of sp³-hybridized carbons (Fsp3) is 0.500. The SMILES string of the molecule is CCCNC(=O)NC(=O)CN1CCCCC1C(=O)Nc1ccc(Cl)c(Cl)c1. The molecule has 1 heterocycles. The van der Waals surface area contributed by atoms with Crippen molar-refractivity contribution in [2.24, 2.45) is 0 Å². The second-order valence-electron chi connectivity index (χ2n) is 6.40. The van der Waals surface area contributed by atoms with Crippen molar-refractivity contribution in [1.82, 2.24) is 15.5 Å². The van der Waals surface area contributed by atoms with Gasteiger partial charge in [0, 0.05) is 12.2 Å². The molecule has 1 aliphatic rings. The van der Waals surface area contributed by atoms with E-state index in [4.69, 9.17) is 23.2 Å². The molecule has 1 atom stereocenters. The van der Waals surface area contributed by atoms with E-state index < -0.39 is 18.0 Å². The topological polar surface area (TPSA) is 90.5 Å². The van der Waals surface area contributed by atoms with E-state index in [-0.39, 0.29) is 12.5 Å². The summed E-state index contributed by atoms with van der Waals surface area (Å²) in [5, 5.41) is 8.46. The minimum atomic E-state index is -0.518.